The fourth-order valence-electron chi connectivity index (χ4n) is 1.08. The van der Waals surface area contributed by atoms with Crippen molar-refractivity contribution < 1.29 is 0 Å². The minimum Gasteiger partial charge on any atom is -0.217 e. The molecule has 0 spiro atoms. The fourth-order valence-corrected chi connectivity index (χ4v) is 3.64. The Kier molecular flexibility index (Phi) is 6.13. The normalized spacial score (nSPS) is 12.8. The summed E-state index contributed by atoms with van der Waals surface area (Å²) in [5.41, 5.74) is 0. The van der Waals surface area contributed by atoms with Crippen LogP contribution >= 0.6 is 23.2 Å². The van der Waals surface area contributed by atoms with Gasteiger partial charge in [-0.1, -0.05) is 54.8 Å². The van der Waals surface area contributed by atoms with Gasteiger partial charge in [-0.3, -0.25) is 0 Å². The van der Waals surface area contributed by atoms with E-state index in [-0.39, 0.29) is 0 Å². The summed E-state index contributed by atoms with van der Waals surface area (Å²) in [7, 11) is 0. The second kappa shape index (κ2) is 5.79. The van der Waals surface area contributed by atoms with Crippen molar-refractivity contribution in [2.45, 2.75) is 64.3 Å². The van der Waals surface area contributed by atoms with Crippen molar-refractivity contribution in [1.82, 2.24) is 0 Å². The van der Waals surface area contributed by atoms with E-state index in [1.165, 1.54) is 12.8 Å². The Morgan fingerprint density at radius 3 is 1.79 bits per heavy atom. The van der Waals surface area contributed by atoms with E-state index in [2.05, 4.69) is 71.7 Å². The maximum absolute atomic E-state index is 2.31. The van der Waals surface area contributed by atoms with Gasteiger partial charge in [0.05, 0.1) is 0 Å². The molecule has 0 aromatic heterocycles. The average molecular weight is 230 g/mol. The molecule has 0 saturated heterocycles. The molecule has 14 heavy (non-hydrogen) atoms. The minimum atomic E-state index is 0.402. The average Bonchev–Trinajstić information content (AvgIpc) is 1.94. The second-order valence-corrected chi connectivity index (χ2v) is 9.66. The molecule has 0 atom stereocenters. The van der Waals surface area contributed by atoms with E-state index in [1.54, 1.807) is 0 Å². The van der Waals surface area contributed by atoms with Crippen molar-refractivity contribution in [2.75, 3.05) is 0 Å². The van der Waals surface area contributed by atoms with Crippen LogP contribution in [0.5, 0.6) is 0 Å². The van der Waals surface area contributed by atoms with Crippen molar-refractivity contribution in [2.24, 2.45) is 0 Å². The van der Waals surface area contributed by atoms with Gasteiger partial charge in [0.25, 0.3) is 0 Å². The summed E-state index contributed by atoms with van der Waals surface area (Å²) in [6.07, 6.45) is 2.56. The lowest BCUT2D eigenvalue weighted by atomic mass is 9.50. The molecule has 0 unspecified atom stereocenters. The van der Waals surface area contributed by atoms with Crippen molar-refractivity contribution in [1.29, 1.82) is 0 Å². The van der Waals surface area contributed by atoms with Gasteiger partial charge in [0, 0.05) is 0 Å². The summed E-state index contributed by atoms with van der Waals surface area (Å²) in [5, 5.41) is 0. The summed E-state index contributed by atoms with van der Waals surface area (Å²) in [6.45, 7) is 16.1. The molecule has 0 rings (SSSR count). The van der Waals surface area contributed by atoms with Gasteiger partial charge in [-0.2, -0.15) is 0 Å². The molecule has 0 radical (unpaired) electrons. The molecule has 82 valence electrons. The summed E-state index contributed by atoms with van der Waals surface area (Å²) in [4.78, 5) is 0. The number of rotatable bonds is 4. The van der Waals surface area contributed by atoms with Crippen LogP contribution in [-0.4, -0.2) is 21.8 Å². The highest BCUT2D eigenvalue weighted by Gasteiger charge is 2.24. The molecule has 0 bridgehead atoms. The SMILES string of the molecule is CCB(BSC(C)(C)C)SC(C)(C)C. The minimum absolute atomic E-state index is 0.402. The van der Waals surface area contributed by atoms with Gasteiger partial charge >= 0.3 is 0 Å². The lowest BCUT2D eigenvalue weighted by Gasteiger charge is -2.25. The first-order valence-corrected chi connectivity index (χ1v) is 7.32. The largest absolute Gasteiger partial charge is 0.217 e. The monoisotopic (exact) mass is 230 g/mol. The Hall–Kier alpha value is 0.830. The predicted molar refractivity (Wildman–Crippen MR) is 78.1 cm³/mol. The van der Waals surface area contributed by atoms with Gasteiger partial charge in [-0.15, -0.1) is 0 Å². The maximum atomic E-state index is 2.31. The Morgan fingerprint density at radius 1 is 1.00 bits per heavy atom. The first-order chi connectivity index (χ1) is 6.14. The third-order valence-corrected chi connectivity index (χ3v) is 4.86. The van der Waals surface area contributed by atoms with Crippen LogP contribution in [0.15, 0.2) is 0 Å². The zero-order valence-corrected chi connectivity index (χ0v) is 12.4. The fraction of sp³-hybridized carbons (Fsp3) is 1.00. The van der Waals surface area contributed by atoms with Crippen LogP contribution in [0.4, 0.5) is 0 Å². The van der Waals surface area contributed by atoms with Crippen molar-refractivity contribution in [3.05, 3.63) is 0 Å². The molecule has 0 aliphatic carbocycles. The molecule has 0 amide bonds. The van der Waals surface area contributed by atoms with Gasteiger partial charge in [0.15, 0.2) is 12.3 Å². The highest BCUT2D eigenvalue weighted by Crippen LogP contribution is 2.31. The Balaban J connectivity index is 3.93. The van der Waals surface area contributed by atoms with Crippen LogP contribution in [0.25, 0.3) is 0 Å². The molecule has 0 aromatic rings. The molecule has 0 aliphatic rings. The number of hydrogen-bond donors (Lipinski definition) is 0. The molecule has 0 aromatic carbocycles. The van der Waals surface area contributed by atoms with Gasteiger partial charge in [0.1, 0.15) is 0 Å². The Bertz CT molecular complexity index is 158. The number of hydrogen-bond acceptors (Lipinski definition) is 2. The first-order valence-electron chi connectivity index (χ1n) is 5.46. The highest BCUT2D eigenvalue weighted by atomic mass is 32.2. The summed E-state index contributed by atoms with van der Waals surface area (Å²) >= 11 is 4.21. The van der Waals surface area contributed by atoms with Crippen LogP contribution in [0.3, 0.4) is 0 Å². The molecule has 0 heterocycles. The van der Waals surface area contributed by atoms with E-state index in [1.807, 2.05) is 0 Å². The lowest BCUT2D eigenvalue weighted by Crippen LogP contribution is -2.26. The maximum Gasteiger partial charge on any atom is 0.187 e. The highest BCUT2D eigenvalue weighted by molar-refractivity contribution is 8.42. The van der Waals surface area contributed by atoms with Crippen molar-refractivity contribution in [3.63, 3.8) is 0 Å². The second-order valence-electron chi connectivity index (χ2n) is 5.68. The van der Waals surface area contributed by atoms with Crippen LogP contribution < -0.4 is 0 Å². The summed E-state index contributed by atoms with van der Waals surface area (Å²) in [5.74, 6) is 0.805. The van der Waals surface area contributed by atoms with Gasteiger partial charge < -0.3 is 0 Å². The molecular formula is C10H24B2S2. The Labute approximate surface area is 99.9 Å². The third kappa shape index (κ3) is 9.39. The Morgan fingerprint density at radius 2 is 1.50 bits per heavy atom. The molecule has 0 fully saturated rings. The van der Waals surface area contributed by atoms with Gasteiger partial charge in [0.2, 0.25) is 0 Å². The van der Waals surface area contributed by atoms with Gasteiger partial charge in [-0.05, 0) is 9.49 Å². The van der Waals surface area contributed by atoms with E-state index in [4.69, 9.17) is 0 Å². The van der Waals surface area contributed by atoms with Crippen molar-refractivity contribution >= 4 is 35.6 Å². The molecule has 0 aliphatic heterocycles. The lowest BCUT2D eigenvalue weighted by molar-refractivity contribution is 0.808. The molecule has 0 saturated carbocycles. The topological polar surface area (TPSA) is 0 Å². The molecule has 0 N–H and O–H groups in total. The first kappa shape index (κ1) is 14.8. The zero-order chi connectivity index (χ0) is 11.4. The predicted octanol–water partition coefficient (Wildman–Crippen LogP) is 3.91. The van der Waals surface area contributed by atoms with E-state index in [0.29, 0.717) is 9.49 Å². The van der Waals surface area contributed by atoms with Crippen LogP contribution in [0.2, 0.25) is 6.32 Å². The molecule has 0 nitrogen and oxygen atoms in total. The van der Waals surface area contributed by atoms with E-state index in [0.717, 1.165) is 5.88 Å². The molecular weight excluding hydrogens is 206 g/mol. The van der Waals surface area contributed by atoms with Crippen LogP contribution in [0.1, 0.15) is 48.5 Å². The van der Waals surface area contributed by atoms with E-state index < -0.39 is 0 Å². The van der Waals surface area contributed by atoms with Crippen LogP contribution in [-0.2, 0) is 0 Å². The van der Waals surface area contributed by atoms with E-state index >= 15 is 0 Å². The van der Waals surface area contributed by atoms with E-state index in [9.17, 15) is 0 Å². The molecule has 4 heteroatoms. The smallest absolute Gasteiger partial charge is 0.187 e. The summed E-state index contributed by atoms with van der Waals surface area (Å²) in [6, 6.07) is 0. The zero-order valence-electron chi connectivity index (χ0n) is 10.8. The standard InChI is InChI=1S/C10H24B2S2/c1-8-12(14-10(5,6)7)11-13-9(2,3)4/h11H,8H2,1-7H3. The quantitative estimate of drug-likeness (QED) is 0.671. The van der Waals surface area contributed by atoms with Gasteiger partial charge in [-0.25, -0.2) is 23.2 Å². The third-order valence-electron chi connectivity index (χ3n) is 1.68. The van der Waals surface area contributed by atoms with Crippen LogP contribution in [0, 0.1) is 0 Å². The van der Waals surface area contributed by atoms with Crippen molar-refractivity contribution in [3.8, 4) is 0 Å². The summed E-state index contributed by atoms with van der Waals surface area (Å²) < 4.78 is 0.811.